The molecule has 0 atom stereocenters. The normalized spacial score (nSPS) is 13.9. The number of halogens is 1. The molecule has 34 heavy (non-hydrogen) atoms. The number of amides is 2. The minimum absolute atomic E-state index is 0.101. The molecule has 1 aromatic heterocycles. The first-order valence-electron chi connectivity index (χ1n) is 11.4. The fourth-order valence-corrected chi connectivity index (χ4v) is 5.18. The van der Waals surface area contributed by atoms with Crippen molar-refractivity contribution in [3.05, 3.63) is 59.1 Å². The molecule has 1 aliphatic rings. The molecular weight excluding hydrogens is 472 g/mol. The zero-order valence-electron chi connectivity index (χ0n) is 19.0. The van der Waals surface area contributed by atoms with E-state index in [1.165, 1.54) is 17.8 Å². The van der Waals surface area contributed by atoms with Crippen molar-refractivity contribution in [2.75, 3.05) is 19.0 Å². The molecule has 1 saturated carbocycles. The fourth-order valence-electron chi connectivity index (χ4n) is 4.23. The van der Waals surface area contributed by atoms with Crippen LogP contribution in [0.5, 0.6) is 5.75 Å². The third-order valence-electron chi connectivity index (χ3n) is 5.94. The van der Waals surface area contributed by atoms with Gasteiger partial charge in [-0.3, -0.25) is 9.59 Å². The van der Waals surface area contributed by atoms with Gasteiger partial charge < -0.3 is 15.0 Å². The van der Waals surface area contributed by atoms with Crippen molar-refractivity contribution in [3.63, 3.8) is 0 Å². The zero-order chi connectivity index (χ0) is 23.9. The first kappa shape index (κ1) is 24.2. The van der Waals surface area contributed by atoms with E-state index in [9.17, 15) is 9.59 Å². The Morgan fingerprint density at radius 3 is 2.68 bits per heavy atom. The monoisotopic (exact) mass is 498 g/mol. The van der Waals surface area contributed by atoms with Crippen LogP contribution in [0.3, 0.4) is 0 Å². The minimum atomic E-state index is -0.206. The van der Waals surface area contributed by atoms with Crippen LogP contribution in [0.25, 0.3) is 10.6 Å². The molecule has 7 nitrogen and oxygen atoms in total. The van der Waals surface area contributed by atoms with Crippen molar-refractivity contribution >= 4 is 39.9 Å². The highest BCUT2D eigenvalue weighted by molar-refractivity contribution is 7.18. The summed E-state index contributed by atoms with van der Waals surface area (Å²) in [5.41, 5.74) is 1.36. The van der Waals surface area contributed by atoms with E-state index in [0.717, 1.165) is 31.2 Å². The highest BCUT2D eigenvalue weighted by Crippen LogP contribution is 2.29. The van der Waals surface area contributed by atoms with E-state index in [0.29, 0.717) is 33.0 Å². The van der Waals surface area contributed by atoms with E-state index >= 15 is 0 Å². The summed E-state index contributed by atoms with van der Waals surface area (Å²) in [6.07, 6.45) is 5.42. The van der Waals surface area contributed by atoms with Gasteiger partial charge in [-0.25, -0.2) is 0 Å². The zero-order valence-corrected chi connectivity index (χ0v) is 20.6. The number of ether oxygens (including phenoxy) is 1. The number of aromatic nitrogens is 2. The molecule has 0 saturated heterocycles. The third-order valence-corrected chi connectivity index (χ3v) is 7.06. The van der Waals surface area contributed by atoms with Crippen LogP contribution >= 0.6 is 22.9 Å². The average Bonchev–Trinajstić information content (AvgIpc) is 3.33. The Kier molecular flexibility index (Phi) is 8.13. The molecule has 0 aliphatic heterocycles. The molecule has 0 bridgehead atoms. The Morgan fingerprint density at radius 1 is 1.12 bits per heavy atom. The van der Waals surface area contributed by atoms with E-state index in [4.69, 9.17) is 16.3 Å². The number of methoxy groups -OCH3 is 1. The molecule has 0 radical (unpaired) electrons. The smallest absolute Gasteiger partial charge is 0.257 e. The van der Waals surface area contributed by atoms with Gasteiger partial charge in [-0.1, -0.05) is 66.5 Å². The van der Waals surface area contributed by atoms with Gasteiger partial charge in [-0.05, 0) is 37.1 Å². The lowest BCUT2D eigenvalue weighted by Gasteiger charge is -2.34. The Balaban J connectivity index is 1.43. The van der Waals surface area contributed by atoms with E-state index in [1.54, 1.807) is 31.4 Å². The van der Waals surface area contributed by atoms with Crippen LogP contribution in [0, 0.1) is 0 Å². The second-order valence-electron chi connectivity index (χ2n) is 8.21. The van der Waals surface area contributed by atoms with E-state index in [1.807, 2.05) is 29.2 Å². The summed E-state index contributed by atoms with van der Waals surface area (Å²) in [5, 5.41) is 12.8. The molecule has 1 N–H and O–H groups in total. The van der Waals surface area contributed by atoms with Gasteiger partial charge in [0, 0.05) is 29.6 Å². The lowest BCUT2D eigenvalue weighted by Crippen LogP contribution is -2.43. The standard InChI is InChI=1S/C25H27ClN4O3S/c1-33-21-13-6-5-12-20(21)24(32)30(19-10-3-2-4-11-19)15-14-22(31)27-25-29-28-23(34-25)17-8-7-9-18(26)16-17/h5-9,12-13,16,19H,2-4,10-11,14-15H2,1H3,(H,27,29,31). The average molecular weight is 499 g/mol. The molecule has 0 unspecified atom stereocenters. The number of hydrogen-bond acceptors (Lipinski definition) is 6. The van der Waals surface area contributed by atoms with Gasteiger partial charge in [-0.2, -0.15) is 0 Å². The first-order chi connectivity index (χ1) is 16.5. The van der Waals surface area contributed by atoms with E-state index < -0.39 is 0 Å². The summed E-state index contributed by atoms with van der Waals surface area (Å²) in [6, 6.07) is 14.7. The van der Waals surface area contributed by atoms with Gasteiger partial charge in [-0.15, -0.1) is 10.2 Å². The van der Waals surface area contributed by atoms with Crippen molar-refractivity contribution in [2.45, 2.75) is 44.6 Å². The van der Waals surface area contributed by atoms with Gasteiger partial charge in [0.2, 0.25) is 11.0 Å². The molecule has 0 spiro atoms. The largest absolute Gasteiger partial charge is 0.496 e. The van der Waals surface area contributed by atoms with Crippen LogP contribution in [0.1, 0.15) is 48.9 Å². The van der Waals surface area contributed by atoms with Crippen LogP contribution in [-0.2, 0) is 4.79 Å². The number of benzene rings is 2. The Labute approximate surface area is 208 Å². The Hall–Kier alpha value is -2.97. The predicted octanol–water partition coefficient (Wildman–Crippen LogP) is 5.67. The van der Waals surface area contributed by atoms with Crippen molar-refractivity contribution in [1.29, 1.82) is 0 Å². The molecule has 9 heteroatoms. The van der Waals surface area contributed by atoms with Crippen LogP contribution in [0.4, 0.5) is 5.13 Å². The van der Waals surface area contributed by atoms with Gasteiger partial charge >= 0.3 is 0 Å². The molecule has 3 aromatic rings. The molecule has 2 aromatic carbocycles. The van der Waals surface area contributed by atoms with Gasteiger partial charge in [0.1, 0.15) is 10.8 Å². The number of nitrogens with one attached hydrogen (secondary N) is 1. The summed E-state index contributed by atoms with van der Waals surface area (Å²) < 4.78 is 5.41. The quantitative estimate of drug-likeness (QED) is 0.432. The molecular formula is C25H27ClN4O3S. The number of anilines is 1. The lowest BCUT2D eigenvalue weighted by atomic mass is 9.93. The highest BCUT2D eigenvalue weighted by Gasteiger charge is 2.28. The summed E-state index contributed by atoms with van der Waals surface area (Å²) >= 11 is 7.34. The second-order valence-corrected chi connectivity index (χ2v) is 9.63. The highest BCUT2D eigenvalue weighted by atomic mass is 35.5. The maximum Gasteiger partial charge on any atom is 0.257 e. The number of carbonyl (C=O) groups excluding carboxylic acids is 2. The van der Waals surface area contributed by atoms with E-state index in [2.05, 4.69) is 15.5 Å². The molecule has 178 valence electrons. The SMILES string of the molecule is COc1ccccc1C(=O)N(CCC(=O)Nc1nnc(-c2cccc(Cl)c2)s1)C1CCCCC1. The van der Waals surface area contributed by atoms with Gasteiger partial charge in [0.15, 0.2) is 0 Å². The number of para-hydroxylation sites is 1. The Morgan fingerprint density at radius 2 is 1.91 bits per heavy atom. The Bertz CT molecular complexity index is 1150. The molecule has 2 amide bonds. The maximum atomic E-state index is 13.5. The summed E-state index contributed by atoms with van der Waals surface area (Å²) in [6.45, 7) is 0.327. The molecule has 4 rings (SSSR count). The summed E-state index contributed by atoms with van der Waals surface area (Å²) in [7, 11) is 1.56. The van der Waals surface area contributed by atoms with Crippen molar-refractivity contribution in [1.82, 2.24) is 15.1 Å². The second kappa shape index (κ2) is 11.4. The van der Waals surface area contributed by atoms with Gasteiger partial charge in [0.25, 0.3) is 5.91 Å². The lowest BCUT2D eigenvalue weighted by molar-refractivity contribution is -0.116. The molecule has 1 fully saturated rings. The number of rotatable bonds is 8. The maximum absolute atomic E-state index is 13.5. The first-order valence-corrected chi connectivity index (χ1v) is 12.6. The number of carbonyl (C=O) groups is 2. The molecule has 1 aliphatic carbocycles. The van der Waals surface area contributed by atoms with Crippen LogP contribution < -0.4 is 10.1 Å². The van der Waals surface area contributed by atoms with Crippen LogP contribution in [0.2, 0.25) is 5.02 Å². The van der Waals surface area contributed by atoms with E-state index in [-0.39, 0.29) is 24.3 Å². The predicted molar refractivity (Wildman–Crippen MR) is 135 cm³/mol. The van der Waals surface area contributed by atoms with Crippen molar-refractivity contribution in [2.24, 2.45) is 0 Å². The third kappa shape index (κ3) is 5.93. The van der Waals surface area contributed by atoms with Crippen molar-refractivity contribution < 1.29 is 14.3 Å². The van der Waals surface area contributed by atoms with Crippen LogP contribution in [-0.4, -0.2) is 46.6 Å². The van der Waals surface area contributed by atoms with Crippen molar-refractivity contribution in [3.8, 4) is 16.3 Å². The van der Waals surface area contributed by atoms with Gasteiger partial charge in [0.05, 0.1) is 12.7 Å². The number of hydrogen-bond donors (Lipinski definition) is 1. The summed E-state index contributed by atoms with van der Waals surface area (Å²) in [5.74, 6) is 0.235. The van der Waals surface area contributed by atoms with Crippen LogP contribution in [0.15, 0.2) is 48.5 Å². The summed E-state index contributed by atoms with van der Waals surface area (Å²) in [4.78, 5) is 28.0. The number of nitrogens with zero attached hydrogens (tertiary/aromatic N) is 3. The fraction of sp³-hybridized carbons (Fsp3) is 0.360. The molecule has 1 heterocycles. The minimum Gasteiger partial charge on any atom is -0.496 e. The topological polar surface area (TPSA) is 84.4 Å².